The largest absolute Gasteiger partial charge is 0.491 e. The van der Waals surface area contributed by atoms with Crippen LogP contribution in [0.5, 0.6) is 5.75 Å². The molecule has 4 rings (SSSR count). The first-order chi connectivity index (χ1) is 16.0. The van der Waals surface area contributed by atoms with Crippen molar-refractivity contribution in [2.24, 2.45) is 0 Å². The number of carbonyl (C=O) groups excluding carboxylic acids is 2. The molecule has 0 saturated heterocycles. The first kappa shape index (κ1) is 23.1. The van der Waals surface area contributed by atoms with E-state index in [2.05, 4.69) is 11.4 Å². The van der Waals surface area contributed by atoms with Crippen LogP contribution in [0.4, 0.5) is 0 Å². The summed E-state index contributed by atoms with van der Waals surface area (Å²) >= 11 is 1.72. The number of amides is 2. The number of thiophene rings is 1. The molecule has 0 saturated carbocycles. The van der Waals surface area contributed by atoms with Crippen LogP contribution in [0.1, 0.15) is 52.9 Å². The van der Waals surface area contributed by atoms with Crippen LogP contribution in [0.15, 0.2) is 58.5 Å². The molecular weight excluding hydrogens is 436 g/mol. The van der Waals surface area contributed by atoms with Crippen molar-refractivity contribution in [3.8, 4) is 5.75 Å². The third-order valence-electron chi connectivity index (χ3n) is 6.27. The van der Waals surface area contributed by atoms with Crippen LogP contribution in [0.3, 0.4) is 0 Å². The van der Waals surface area contributed by atoms with E-state index in [0.717, 1.165) is 24.2 Å². The monoisotopic (exact) mass is 466 g/mol. The molecule has 2 atom stereocenters. The van der Waals surface area contributed by atoms with Crippen LogP contribution in [-0.4, -0.2) is 47.4 Å². The van der Waals surface area contributed by atoms with Crippen LogP contribution in [0.25, 0.3) is 0 Å². The molecule has 0 unspecified atom stereocenters. The fraction of sp³-hybridized carbons (Fsp3) is 0.385. The molecule has 6 nitrogen and oxygen atoms in total. The Morgan fingerprint density at radius 2 is 2.03 bits per heavy atom. The fourth-order valence-electron chi connectivity index (χ4n) is 4.11. The Hall–Kier alpha value is -3.06. The fourth-order valence-corrected chi connectivity index (χ4v) is 5.04. The Balaban J connectivity index is 1.53. The quantitative estimate of drug-likeness (QED) is 0.464. The van der Waals surface area contributed by atoms with Gasteiger partial charge in [0.25, 0.3) is 5.91 Å². The average molecular weight is 467 g/mol. The maximum Gasteiger partial charge on any atom is 0.290 e. The highest BCUT2D eigenvalue weighted by Gasteiger charge is 2.34. The molecule has 2 aromatic heterocycles. The number of rotatable bonds is 8. The second kappa shape index (κ2) is 10.3. The molecule has 1 aliphatic heterocycles. The van der Waals surface area contributed by atoms with Crippen LogP contribution in [-0.2, 0) is 11.2 Å². The average Bonchev–Trinajstić information content (AvgIpc) is 3.53. The molecule has 3 aromatic rings. The maximum absolute atomic E-state index is 13.6. The SMILES string of the molecule is CC[C@H](C)N(CC(=O)N1CCc2sccc2[C@H]1COc1ccc(C)cc1)C(=O)c1ccco1. The summed E-state index contributed by atoms with van der Waals surface area (Å²) in [7, 11) is 0. The zero-order valence-electron chi connectivity index (χ0n) is 19.3. The van der Waals surface area contributed by atoms with Gasteiger partial charge in [-0.3, -0.25) is 9.59 Å². The highest BCUT2D eigenvalue weighted by molar-refractivity contribution is 7.10. The summed E-state index contributed by atoms with van der Waals surface area (Å²) in [6, 6.07) is 13.1. The van der Waals surface area contributed by atoms with E-state index in [0.29, 0.717) is 13.2 Å². The van der Waals surface area contributed by atoms with E-state index in [1.807, 2.05) is 49.9 Å². The summed E-state index contributed by atoms with van der Waals surface area (Å²) in [6.07, 6.45) is 3.04. The van der Waals surface area contributed by atoms with E-state index in [-0.39, 0.29) is 36.2 Å². The van der Waals surface area contributed by atoms with Gasteiger partial charge in [0.15, 0.2) is 5.76 Å². The van der Waals surface area contributed by atoms with Gasteiger partial charge in [0.05, 0.1) is 12.3 Å². The minimum Gasteiger partial charge on any atom is -0.491 e. The molecule has 1 aromatic carbocycles. The third kappa shape index (κ3) is 5.14. The summed E-state index contributed by atoms with van der Waals surface area (Å²) in [6.45, 7) is 6.99. The lowest BCUT2D eigenvalue weighted by atomic mass is 10.00. The molecule has 0 fully saturated rings. The van der Waals surface area contributed by atoms with E-state index in [1.54, 1.807) is 28.4 Å². The van der Waals surface area contributed by atoms with Gasteiger partial charge in [-0.05, 0) is 68.0 Å². The molecule has 0 radical (unpaired) electrons. The van der Waals surface area contributed by atoms with Gasteiger partial charge < -0.3 is 19.0 Å². The highest BCUT2D eigenvalue weighted by Crippen LogP contribution is 2.34. The van der Waals surface area contributed by atoms with Crippen LogP contribution in [0.2, 0.25) is 0 Å². The Morgan fingerprint density at radius 1 is 1.24 bits per heavy atom. The molecule has 0 bridgehead atoms. The summed E-state index contributed by atoms with van der Waals surface area (Å²) < 4.78 is 11.4. The molecule has 33 heavy (non-hydrogen) atoms. The number of ether oxygens (including phenoxy) is 1. The van der Waals surface area contributed by atoms with E-state index >= 15 is 0 Å². The molecule has 174 valence electrons. The van der Waals surface area contributed by atoms with Gasteiger partial charge >= 0.3 is 0 Å². The zero-order chi connectivity index (χ0) is 23.4. The number of furan rings is 1. The van der Waals surface area contributed by atoms with E-state index in [4.69, 9.17) is 9.15 Å². The summed E-state index contributed by atoms with van der Waals surface area (Å²) in [5, 5.41) is 2.07. The van der Waals surface area contributed by atoms with Crippen molar-refractivity contribution in [3.63, 3.8) is 0 Å². The maximum atomic E-state index is 13.6. The minimum absolute atomic E-state index is 0.00897. The molecule has 0 spiro atoms. The van der Waals surface area contributed by atoms with Crippen LogP contribution in [0, 0.1) is 6.92 Å². The van der Waals surface area contributed by atoms with Crippen molar-refractivity contribution in [2.45, 2.75) is 45.7 Å². The predicted molar refractivity (Wildman–Crippen MR) is 129 cm³/mol. The molecule has 1 aliphatic rings. The summed E-state index contributed by atoms with van der Waals surface area (Å²) in [5.74, 6) is 0.693. The number of carbonyl (C=O) groups is 2. The van der Waals surface area contributed by atoms with Crippen molar-refractivity contribution < 1.29 is 18.7 Å². The molecule has 0 aliphatic carbocycles. The van der Waals surface area contributed by atoms with E-state index in [9.17, 15) is 9.59 Å². The Kier molecular flexibility index (Phi) is 7.18. The lowest BCUT2D eigenvalue weighted by molar-refractivity contribution is -0.136. The van der Waals surface area contributed by atoms with Gasteiger partial charge in [-0.15, -0.1) is 11.3 Å². The molecular formula is C26H30N2O4S. The standard InChI is InChI=1S/C26H30N2O4S/c1-4-19(3)28(26(30)23-6-5-14-31-23)16-25(29)27-13-11-24-21(12-15-33-24)22(27)17-32-20-9-7-18(2)8-10-20/h5-10,12,14-15,19,22H,4,11,13,16-17H2,1-3H3/t19-,22+/m0/s1. The lowest BCUT2D eigenvalue weighted by Crippen LogP contribution is -2.49. The molecule has 3 heterocycles. The molecule has 7 heteroatoms. The highest BCUT2D eigenvalue weighted by atomic mass is 32.1. The van der Waals surface area contributed by atoms with Gasteiger partial charge in [-0.2, -0.15) is 0 Å². The van der Waals surface area contributed by atoms with Crippen molar-refractivity contribution in [2.75, 3.05) is 19.7 Å². The number of aryl methyl sites for hydroxylation is 1. The first-order valence-electron chi connectivity index (χ1n) is 11.4. The number of fused-ring (bicyclic) bond motifs is 1. The van der Waals surface area contributed by atoms with Crippen molar-refractivity contribution in [3.05, 3.63) is 75.9 Å². The summed E-state index contributed by atoms with van der Waals surface area (Å²) in [4.78, 5) is 31.4. The van der Waals surface area contributed by atoms with Gasteiger partial charge in [0.1, 0.15) is 18.9 Å². The predicted octanol–water partition coefficient (Wildman–Crippen LogP) is 5.10. The number of benzene rings is 1. The zero-order valence-corrected chi connectivity index (χ0v) is 20.1. The van der Waals surface area contributed by atoms with Gasteiger partial charge in [0, 0.05) is 17.5 Å². The third-order valence-corrected chi connectivity index (χ3v) is 7.26. The number of hydrogen-bond donors (Lipinski definition) is 0. The van der Waals surface area contributed by atoms with Gasteiger partial charge in [-0.1, -0.05) is 24.6 Å². The topological polar surface area (TPSA) is 63.0 Å². The van der Waals surface area contributed by atoms with Gasteiger partial charge in [-0.25, -0.2) is 0 Å². The lowest BCUT2D eigenvalue weighted by Gasteiger charge is -2.38. The second-order valence-corrected chi connectivity index (χ2v) is 9.44. The van der Waals surface area contributed by atoms with Gasteiger partial charge in [0.2, 0.25) is 5.91 Å². The number of nitrogens with zero attached hydrogens (tertiary/aromatic N) is 2. The van der Waals surface area contributed by atoms with Crippen LogP contribution < -0.4 is 4.74 Å². The Bertz CT molecular complexity index is 1070. The van der Waals surface area contributed by atoms with Crippen LogP contribution >= 0.6 is 11.3 Å². The van der Waals surface area contributed by atoms with Crippen molar-refractivity contribution in [1.82, 2.24) is 9.80 Å². The van der Waals surface area contributed by atoms with E-state index in [1.165, 1.54) is 16.7 Å². The van der Waals surface area contributed by atoms with Crippen molar-refractivity contribution >= 4 is 23.2 Å². The smallest absolute Gasteiger partial charge is 0.290 e. The molecule has 0 N–H and O–H groups in total. The number of hydrogen-bond acceptors (Lipinski definition) is 5. The second-order valence-electron chi connectivity index (χ2n) is 8.44. The van der Waals surface area contributed by atoms with Crippen molar-refractivity contribution in [1.29, 1.82) is 0 Å². The summed E-state index contributed by atoms with van der Waals surface area (Å²) in [5.41, 5.74) is 2.31. The van der Waals surface area contributed by atoms with E-state index < -0.39 is 0 Å². The minimum atomic E-state index is -0.261. The first-order valence-corrected chi connectivity index (χ1v) is 12.3. The molecule has 2 amide bonds. The Labute approximate surface area is 198 Å². The Morgan fingerprint density at radius 3 is 2.73 bits per heavy atom. The normalized spacial score (nSPS) is 16.2.